The molecule has 0 bridgehead atoms. The van der Waals surface area contributed by atoms with Crippen LogP contribution in [0.3, 0.4) is 0 Å². The van der Waals surface area contributed by atoms with Crippen molar-refractivity contribution < 1.29 is 9.53 Å². The predicted molar refractivity (Wildman–Crippen MR) is 96.1 cm³/mol. The number of nitrogens with zero attached hydrogens (tertiary/aromatic N) is 1. The molecule has 1 atom stereocenters. The van der Waals surface area contributed by atoms with Crippen LogP contribution in [0.25, 0.3) is 0 Å². The van der Waals surface area contributed by atoms with Crippen LogP contribution in [0.1, 0.15) is 22.7 Å². The summed E-state index contributed by atoms with van der Waals surface area (Å²) in [6.45, 7) is 6.91. The van der Waals surface area contributed by atoms with Crippen molar-refractivity contribution in [3.8, 4) is 0 Å². The number of benzene rings is 2. The van der Waals surface area contributed by atoms with Crippen LogP contribution < -0.4 is 5.32 Å². The summed E-state index contributed by atoms with van der Waals surface area (Å²) >= 11 is 0. The molecule has 0 aromatic heterocycles. The van der Waals surface area contributed by atoms with Gasteiger partial charge in [-0.3, -0.25) is 9.69 Å². The molecule has 1 aliphatic rings. The maximum Gasteiger partial charge on any atom is 0.246 e. The Morgan fingerprint density at radius 1 is 1.00 bits per heavy atom. The highest BCUT2D eigenvalue weighted by Gasteiger charge is 2.29. The van der Waals surface area contributed by atoms with Gasteiger partial charge in [0.1, 0.15) is 6.04 Å². The fourth-order valence-corrected chi connectivity index (χ4v) is 3.20. The fourth-order valence-electron chi connectivity index (χ4n) is 3.20. The summed E-state index contributed by atoms with van der Waals surface area (Å²) in [6.07, 6.45) is 0. The van der Waals surface area contributed by atoms with E-state index in [1.54, 1.807) is 0 Å². The summed E-state index contributed by atoms with van der Waals surface area (Å²) in [6, 6.07) is 15.7. The minimum Gasteiger partial charge on any atom is -0.379 e. The second kappa shape index (κ2) is 7.60. The fraction of sp³-hybridized carbons (Fsp3) is 0.350. The molecule has 3 rings (SSSR count). The molecule has 1 N–H and O–H groups in total. The molecule has 0 spiro atoms. The largest absolute Gasteiger partial charge is 0.379 e. The van der Waals surface area contributed by atoms with Gasteiger partial charge < -0.3 is 10.1 Å². The molecule has 1 fully saturated rings. The van der Waals surface area contributed by atoms with E-state index < -0.39 is 0 Å². The number of hydrogen-bond acceptors (Lipinski definition) is 3. The van der Waals surface area contributed by atoms with E-state index in [-0.39, 0.29) is 11.9 Å². The first-order valence-corrected chi connectivity index (χ1v) is 8.40. The lowest BCUT2D eigenvalue weighted by atomic mass is 10.0. The standard InChI is InChI=1S/C20H24N2O2/c1-15-7-6-8-16(2)18(15)21-20(23)19(17-9-4-3-5-10-17)22-11-13-24-14-12-22/h3-10,19H,11-14H2,1-2H3,(H,21,23)/t19-/m1/s1. The molecule has 0 saturated carbocycles. The molecule has 126 valence electrons. The van der Waals surface area contributed by atoms with Gasteiger partial charge in [-0.1, -0.05) is 48.5 Å². The molecule has 0 radical (unpaired) electrons. The first kappa shape index (κ1) is 16.7. The van der Waals surface area contributed by atoms with Gasteiger partial charge in [0.15, 0.2) is 0 Å². The molecule has 0 aliphatic carbocycles. The van der Waals surface area contributed by atoms with Crippen LogP contribution in [0.15, 0.2) is 48.5 Å². The highest BCUT2D eigenvalue weighted by atomic mass is 16.5. The summed E-state index contributed by atoms with van der Waals surface area (Å²) in [7, 11) is 0. The Morgan fingerprint density at radius 2 is 1.62 bits per heavy atom. The molecule has 4 heteroatoms. The molecule has 1 aliphatic heterocycles. The number of para-hydroxylation sites is 1. The maximum atomic E-state index is 13.1. The van der Waals surface area contributed by atoms with Crippen LogP contribution >= 0.6 is 0 Å². The third-order valence-corrected chi connectivity index (χ3v) is 4.50. The van der Waals surface area contributed by atoms with E-state index >= 15 is 0 Å². The van der Waals surface area contributed by atoms with E-state index in [4.69, 9.17) is 4.74 Å². The van der Waals surface area contributed by atoms with E-state index in [1.807, 2.05) is 62.4 Å². The number of nitrogens with one attached hydrogen (secondary N) is 1. The summed E-state index contributed by atoms with van der Waals surface area (Å²) in [5.74, 6) is 0.0144. The van der Waals surface area contributed by atoms with E-state index in [0.29, 0.717) is 13.2 Å². The molecule has 1 saturated heterocycles. The topological polar surface area (TPSA) is 41.6 Å². The number of anilines is 1. The van der Waals surface area contributed by atoms with Crippen LogP contribution in [-0.4, -0.2) is 37.1 Å². The number of rotatable bonds is 4. The SMILES string of the molecule is Cc1cccc(C)c1NC(=O)[C@@H](c1ccccc1)N1CCOCC1. The number of aryl methyl sites for hydroxylation is 2. The van der Waals surface area contributed by atoms with Crippen LogP contribution in [0, 0.1) is 13.8 Å². The highest BCUT2D eigenvalue weighted by molar-refractivity contribution is 5.96. The summed E-state index contributed by atoms with van der Waals surface area (Å²) in [5, 5.41) is 3.15. The van der Waals surface area contributed by atoms with E-state index in [0.717, 1.165) is 35.5 Å². The van der Waals surface area contributed by atoms with Crippen LogP contribution in [0.4, 0.5) is 5.69 Å². The van der Waals surface area contributed by atoms with Gasteiger partial charge in [-0.25, -0.2) is 0 Å². The van der Waals surface area contributed by atoms with Crippen molar-refractivity contribution in [3.05, 3.63) is 65.2 Å². The van der Waals surface area contributed by atoms with Gasteiger partial charge in [-0.05, 0) is 30.5 Å². The zero-order valence-corrected chi connectivity index (χ0v) is 14.3. The normalized spacial score (nSPS) is 16.6. The van der Waals surface area contributed by atoms with Gasteiger partial charge in [-0.2, -0.15) is 0 Å². The Bertz CT molecular complexity index is 674. The molecule has 1 heterocycles. The molecule has 1 amide bonds. The monoisotopic (exact) mass is 324 g/mol. The first-order chi connectivity index (χ1) is 11.7. The Kier molecular flexibility index (Phi) is 5.28. The van der Waals surface area contributed by atoms with Gasteiger partial charge in [0.2, 0.25) is 5.91 Å². The number of ether oxygens (including phenoxy) is 1. The number of amides is 1. The van der Waals surface area contributed by atoms with E-state index in [1.165, 1.54) is 0 Å². The van der Waals surface area contributed by atoms with Crippen LogP contribution in [-0.2, 0) is 9.53 Å². The molecular formula is C20H24N2O2. The van der Waals surface area contributed by atoms with Crippen molar-refractivity contribution in [2.75, 3.05) is 31.6 Å². The quantitative estimate of drug-likeness (QED) is 0.938. The molecule has 4 nitrogen and oxygen atoms in total. The number of morpholine rings is 1. The lowest BCUT2D eigenvalue weighted by molar-refractivity contribution is -0.123. The average molecular weight is 324 g/mol. The number of carbonyl (C=O) groups excluding carboxylic acids is 1. The van der Waals surface area contributed by atoms with Gasteiger partial charge in [0.05, 0.1) is 13.2 Å². The van der Waals surface area contributed by atoms with Gasteiger partial charge in [0.25, 0.3) is 0 Å². The maximum absolute atomic E-state index is 13.1. The second-order valence-electron chi connectivity index (χ2n) is 6.22. The number of carbonyl (C=O) groups is 1. The Balaban J connectivity index is 1.88. The van der Waals surface area contributed by atoms with E-state index in [2.05, 4.69) is 10.2 Å². The molecular weight excluding hydrogens is 300 g/mol. The summed E-state index contributed by atoms with van der Waals surface area (Å²) < 4.78 is 5.45. The third kappa shape index (κ3) is 3.66. The zero-order chi connectivity index (χ0) is 16.9. The number of hydrogen-bond donors (Lipinski definition) is 1. The van der Waals surface area contributed by atoms with Gasteiger partial charge in [0, 0.05) is 18.8 Å². The van der Waals surface area contributed by atoms with Crippen molar-refractivity contribution >= 4 is 11.6 Å². The van der Waals surface area contributed by atoms with Gasteiger partial charge >= 0.3 is 0 Å². The third-order valence-electron chi connectivity index (χ3n) is 4.50. The first-order valence-electron chi connectivity index (χ1n) is 8.40. The van der Waals surface area contributed by atoms with Gasteiger partial charge in [-0.15, -0.1) is 0 Å². The van der Waals surface area contributed by atoms with Crippen LogP contribution in [0.2, 0.25) is 0 Å². The minimum absolute atomic E-state index is 0.0144. The molecule has 2 aromatic carbocycles. The Labute approximate surface area is 143 Å². The Hall–Kier alpha value is -2.17. The minimum atomic E-state index is -0.297. The van der Waals surface area contributed by atoms with E-state index in [9.17, 15) is 4.79 Å². The summed E-state index contributed by atoms with van der Waals surface area (Å²) in [4.78, 5) is 15.3. The molecule has 24 heavy (non-hydrogen) atoms. The van der Waals surface area contributed by atoms with Crippen molar-refractivity contribution in [1.29, 1.82) is 0 Å². The Morgan fingerprint density at radius 3 is 2.25 bits per heavy atom. The molecule has 2 aromatic rings. The lowest BCUT2D eigenvalue weighted by Crippen LogP contribution is -2.44. The lowest BCUT2D eigenvalue weighted by Gasteiger charge is -2.34. The van der Waals surface area contributed by atoms with Crippen molar-refractivity contribution in [2.24, 2.45) is 0 Å². The molecule has 0 unspecified atom stereocenters. The second-order valence-corrected chi connectivity index (χ2v) is 6.22. The van der Waals surface area contributed by atoms with Crippen molar-refractivity contribution in [1.82, 2.24) is 4.90 Å². The summed E-state index contributed by atoms with van der Waals surface area (Å²) in [5.41, 5.74) is 4.09. The zero-order valence-electron chi connectivity index (χ0n) is 14.3. The van der Waals surface area contributed by atoms with Crippen molar-refractivity contribution in [2.45, 2.75) is 19.9 Å². The predicted octanol–water partition coefficient (Wildman–Crippen LogP) is 3.32. The highest BCUT2D eigenvalue weighted by Crippen LogP contribution is 2.26. The van der Waals surface area contributed by atoms with Crippen LogP contribution in [0.5, 0.6) is 0 Å². The smallest absolute Gasteiger partial charge is 0.246 e. The average Bonchev–Trinajstić information content (AvgIpc) is 2.60. The van der Waals surface area contributed by atoms with Crippen molar-refractivity contribution in [3.63, 3.8) is 0 Å².